The maximum atomic E-state index is 11.2. The number of benzene rings is 1. The van der Waals surface area contributed by atoms with Crippen LogP contribution in [0.5, 0.6) is 0 Å². The molecule has 0 N–H and O–H groups in total. The first-order valence-corrected chi connectivity index (χ1v) is 4.42. The van der Waals surface area contributed by atoms with E-state index < -0.39 is 6.10 Å². The molecule has 0 spiro atoms. The topological polar surface area (TPSA) is 35.5 Å². The molecule has 3 heteroatoms. The van der Waals surface area contributed by atoms with E-state index in [2.05, 4.69) is 4.74 Å². The summed E-state index contributed by atoms with van der Waals surface area (Å²) in [5, 5.41) is 0. The number of esters is 1. The van der Waals surface area contributed by atoms with Crippen molar-refractivity contribution in [3.8, 4) is 0 Å². The van der Waals surface area contributed by atoms with E-state index >= 15 is 0 Å². The smallest absolute Gasteiger partial charge is 0.335 e. The SMILES string of the molecule is COC(=O)[C@H](Cc1ccccc1)OC. The number of hydrogen-bond acceptors (Lipinski definition) is 3. The summed E-state index contributed by atoms with van der Waals surface area (Å²) in [5.41, 5.74) is 1.06. The Morgan fingerprint density at radius 2 is 1.93 bits per heavy atom. The number of rotatable bonds is 4. The minimum Gasteiger partial charge on any atom is -0.467 e. The molecule has 3 nitrogen and oxygen atoms in total. The molecule has 0 fully saturated rings. The molecule has 0 unspecified atom stereocenters. The molecule has 0 radical (unpaired) electrons. The van der Waals surface area contributed by atoms with Crippen LogP contribution in [0.1, 0.15) is 5.56 Å². The van der Waals surface area contributed by atoms with Crippen molar-refractivity contribution in [3.05, 3.63) is 35.9 Å². The minimum absolute atomic E-state index is 0.337. The average molecular weight is 194 g/mol. The maximum absolute atomic E-state index is 11.2. The Morgan fingerprint density at radius 3 is 2.43 bits per heavy atom. The van der Waals surface area contributed by atoms with Crippen LogP contribution in [0.25, 0.3) is 0 Å². The zero-order valence-corrected chi connectivity index (χ0v) is 8.40. The summed E-state index contributed by atoms with van der Waals surface area (Å²) in [5.74, 6) is -0.337. The van der Waals surface area contributed by atoms with E-state index in [0.29, 0.717) is 6.42 Å². The van der Waals surface area contributed by atoms with Gasteiger partial charge in [-0.25, -0.2) is 4.79 Å². The van der Waals surface area contributed by atoms with Crippen LogP contribution in [0.4, 0.5) is 0 Å². The fourth-order valence-corrected chi connectivity index (χ4v) is 1.22. The predicted molar refractivity (Wildman–Crippen MR) is 53.0 cm³/mol. The Kier molecular flexibility index (Phi) is 4.13. The molecule has 0 aliphatic rings. The third-order valence-electron chi connectivity index (χ3n) is 2.01. The molecule has 0 aromatic heterocycles. The van der Waals surface area contributed by atoms with Crippen molar-refractivity contribution >= 4 is 5.97 Å². The number of carbonyl (C=O) groups excluding carboxylic acids is 1. The predicted octanol–water partition coefficient (Wildman–Crippen LogP) is 1.42. The first-order chi connectivity index (χ1) is 6.77. The molecule has 1 aromatic carbocycles. The first kappa shape index (κ1) is 10.7. The number of ether oxygens (including phenoxy) is 2. The van der Waals surface area contributed by atoms with Crippen LogP contribution < -0.4 is 0 Å². The van der Waals surface area contributed by atoms with Crippen molar-refractivity contribution in [3.63, 3.8) is 0 Å². The third kappa shape index (κ3) is 2.85. The van der Waals surface area contributed by atoms with E-state index in [-0.39, 0.29) is 5.97 Å². The van der Waals surface area contributed by atoms with Gasteiger partial charge < -0.3 is 9.47 Å². The Bertz CT molecular complexity index is 282. The van der Waals surface area contributed by atoms with E-state index in [4.69, 9.17) is 4.74 Å². The molecular formula is C11H14O3. The second kappa shape index (κ2) is 5.40. The van der Waals surface area contributed by atoms with Crippen molar-refractivity contribution in [2.24, 2.45) is 0 Å². The Hall–Kier alpha value is -1.35. The van der Waals surface area contributed by atoms with Crippen LogP contribution >= 0.6 is 0 Å². The van der Waals surface area contributed by atoms with E-state index in [1.807, 2.05) is 30.3 Å². The molecule has 0 aliphatic carbocycles. The molecule has 1 rings (SSSR count). The zero-order valence-electron chi connectivity index (χ0n) is 8.40. The van der Waals surface area contributed by atoms with Gasteiger partial charge in [-0.05, 0) is 5.56 Å². The van der Waals surface area contributed by atoms with Crippen molar-refractivity contribution < 1.29 is 14.3 Å². The van der Waals surface area contributed by atoms with E-state index in [0.717, 1.165) is 5.56 Å². The fourth-order valence-electron chi connectivity index (χ4n) is 1.22. The second-order valence-corrected chi connectivity index (χ2v) is 2.94. The van der Waals surface area contributed by atoms with Crippen LogP contribution in [-0.4, -0.2) is 26.3 Å². The number of methoxy groups -OCH3 is 2. The highest BCUT2D eigenvalue weighted by Gasteiger charge is 2.18. The number of carbonyl (C=O) groups is 1. The van der Waals surface area contributed by atoms with Crippen LogP contribution in [0.15, 0.2) is 30.3 Å². The first-order valence-electron chi connectivity index (χ1n) is 4.42. The molecule has 0 saturated carbocycles. The van der Waals surface area contributed by atoms with Gasteiger partial charge in [-0.15, -0.1) is 0 Å². The van der Waals surface area contributed by atoms with Gasteiger partial charge >= 0.3 is 5.97 Å². The maximum Gasteiger partial charge on any atom is 0.335 e. The minimum atomic E-state index is -0.512. The van der Waals surface area contributed by atoms with Gasteiger partial charge in [0.15, 0.2) is 6.10 Å². The Balaban J connectivity index is 2.62. The van der Waals surface area contributed by atoms with Crippen molar-refractivity contribution in [2.75, 3.05) is 14.2 Å². The summed E-state index contributed by atoms with van der Waals surface area (Å²) >= 11 is 0. The lowest BCUT2D eigenvalue weighted by atomic mass is 10.1. The Morgan fingerprint density at radius 1 is 1.29 bits per heavy atom. The van der Waals surface area contributed by atoms with Crippen molar-refractivity contribution in [1.82, 2.24) is 0 Å². The molecule has 0 aliphatic heterocycles. The lowest BCUT2D eigenvalue weighted by Crippen LogP contribution is -2.26. The molecule has 1 atom stereocenters. The fraction of sp³-hybridized carbons (Fsp3) is 0.364. The normalized spacial score (nSPS) is 12.1. The van der Waals surface area contributed by atoms with Gasteiger partial charge in [0.25, 0.3) is 0 Å². The van der Waals surface area contributed by atoms with Gasteiger partial charge in [0.05, 0.1) is 7.11 Å². The summed E-state index contributed by atoms with van der Waals surface area (Å²) in [4.78, 5) is 11.2. The highest BCUT2D eigenvalue weighted by Crippen LogP contribution is 2.06. The molecule has 14 heavy (non-hydrogen) atoms. The molecule has 0 amide bonds. The third-order valence-corrected chi connectivity index (χ3v) is 2.01. The van der Waals surface area contributed by atoms with Gasteiger partial charge in [0.2, 0.25) is 0 Å². The molecule has 0 saturated heterocycles. The molecule has 0 bridgehead atoms. The van der Waals surface area contributed by atoms with Crippen LogP contribution in [0, 0.1) is 0 Å². The van der Waals surface area contributed by atoms with Crippen LogP contribution in [0.2, 0.25) is 0 Å². The van der Waals surface area contributed by atoms with Crippen LogP contribution in [-0.2, 0) is 20.7 Å². The average Bonchev–Trinajstić information content (AvgIpc) is 2.26. The summed E-state index contributed by atoms with van der Waals surface area (Å²) < 4.78 is 9.64. The quantitative estimate of drug-likeness (QED) is 0.680. The largest absolute Gasteiger partial charge is 0.467 e. The highest BCUT2D eigenvalue weighted by molar-refractivity contribution is 5.74. The van der Waals surface area contributed by atoms with Crippen LogP contribution in [0.3, 0.4) is 0 Å². The van der Waals surface area contributed by atoms with Gasteiger partial charge in [0, 0.05) is 13.5 Å². The Labute approximate surface area is 83.6 Å². The monoisotopic (exact) mass is 194 g/mol. The van der Waals surface area contributed by atoms with Gasteiger partial charge in [-0.3, -0.25) is 0 Å². The molecule has 0 heterocycles. The second-order valence-electron chi connectivity index (χ2n) is 2.94. The van der Waals surface area contributed by atoms with E-state index in [9.17, 15) is 4.79 Å². The summed E-state index contributed by atoms with van der Waals surface area (Å²) in [7, 11) is 2.86. The molecule has 76 valence electrons. The van der Waals surface area contributed by atoms with Crippen molar-refractivity contribution in [2.45, 2.75) is 12.5 Å². The zero-order chi connectivity index (χ0) is 10.4. The summed E-state index contributed by atoms with van der Waals surface area (Å²) in [6.07, 6.45) is 0.0340. The van der Waals surface area contributed by atoms with Gasteiger partial charge in [-0.1, -0.05) is 30.3 Å². The highest BCUT2D eigenvalue weighted by atomic mass is 16.6. The van der Waals surface area contributed by atoms with Crippen molar-refractivity contribution in [1.29, 1.82) is 0 Å². The molecule has 1 aromatic rings. The lowest BCUT2D eigenvalue weighted by Gasteiger charge is -2.12. The standard InChI is InChI=1S/C11H14O3/c1-13-10(11(12)14-2)8-9-6-4-3-5-7-9/h3-7,10H,8H2,1-2H3/t10-/m0/s1. The number of hydrogen-bond donors (Lipinski definition) is 0. The van der Waals surface area contributed by atoms with Gasteiger partial charge in [0.1, 0.15) is 0 Å². The molecular weight excluding hydrogens is 180 g/mol. The lowest BCUT2D eigenvalue weighted by molar-refractivity contribution is -0.152. The summed E-state index contributed by atoms with van der Waals surface area (Å²) in [6.45, 7) is 0. The van der Waals surface area contributed by atoms with E-state index in [1.54, 1.807) is 0 Å². The van der Waals surface area contributed by atoms with Gasteiger partial charge in [-0.2, -0.15) is 0 Å². The van der Waals surface area contributed by atoms with E-state index in [1.165, 1.54) is 14.2 Å². The summed E-state index contributed by atoms with van der Waals surface area (Å²) in [6, 6.07) is 9.70.